The van der Waals surface area contributed by atoms with Crippen LogP contribution in [0, 0.1) is 6.92 Å². The molecule has 0 radical (unpaired) electrons. The molecule has 2 aromatic rings. The van der Waals surface area contributed by atoms with Gasteiger partial charge in [0, 0.05) is 10.0 Å². The first-order chi connectivity index (χ1) is 9.01. The van der Waals surface area contributed by atoms with Crippen molar-refractivity contribution in [3.05, 3.63) is 39.7 Å². The Bertz CT molecular complexity index is 599. The minimum Gasteiger partial charge on any atom is -0.475 e. The second-order valence-corrected chi connectivity index (χ2v) is 5.28. The van der Waals surface area contributed by atoms with Gasteiger partial charge >= 0.3 is 5.97 Å². The SMILES string of the molecule is CCCc1nc(-c2cc(C)cc(Br)c2)oc1C(=O)O. The second kappa shape index (κ2) is 5.57. The number of hydrogen-bond donors (Lipinski definition) is 1. The third-order valence-electron chi connectivity index (χ3n) is 2.67. The highest BCUT2D eigenvalue weighted by Gasteiger charge is 2.19. The van der Waals surface area contributed by atoms with E-state index in [9.17, 15) is 4.79 Å². The van der Waals surface area contributed by atoms with E-state index in [-0.39, 0.29) is 5.76 Å². The molecule has 0 bridgehead atoms. The van der Waals surface area contributed by atoms with Crippen LogP contribution < -0.4 is 0 Å². The molecule has 19 heavy (non-hydrogen) atoms. The largest absolute Gasteiger partial charge is 0.475 e. The molecule has 0 spiro atoms. The fraction of sp³-hybridized carbons (Fsp3) is 0.286. The lowest BCUT2D eigenvalue weighted by atomic mass is 10.1. The van der Waals surface area contributed by atoms with E-state index < -0.39 is 5.97 Å². The molecule has 1 aromatic carbocycles. The number of halogens is 1. The fourth-order valence-electron chi connectivity index (χ4n) is 1.91. The maximum absolute atomic E-state index is 11.1. The Morgan fingerprint density at radius 1 is 1.42 bits per heavy atom. The molecule has 0 amide bonds. The number of oxazole rings is 1. The molecule has 0 atom stereocenters. The molecule has 0 saturated heterocycles. The fourth-order valence-corrected chi connectivity index (χ4v) is 2.52. The first kappa shape index (κ1) is 13.8. The van der Waals surface area contributed by atoms with Crippen LogP contribution >= 0.6 is 15.9 Å². The molecule has 0 saturated carbocycles. The summed E-state index contributed by atoms with van der Waals surface area (Å²) in [5.41, 5.74) is 2.33. The Morgan fingerprint density at radius 2 is 2.16 bits per heavy atom. The lowest BCUT2D eigenvalue weighted by Gasteiger charge is -1.99. The summed E-state index contributed by atoms with van der Waals surface area (Å²) in [6, 6.07) is 5.75. The highest BCUT2D eigenvalue weighted by molar-refractivity contribution is 9.10. The number of benzene rings is 1. The highest BCUT2D eigenvalue weighted by Crippen LogP contribution is 2.27. The molecule has 0 aliphatic carbocycles. The molecule has 0 aliphatic rings. The normalized spacial score (nSPS) is 10.7. The third-order valence-corrected chi connectivity index (χ3v) is 3.13. The van der Waals surface area contributed by atoms with Crippen LogP contribution in [-0.2, 0) is 6.42 Å². The Kier molecular flexibility index (Phi) is 4.04. The molecule has 0 fully saturated rings. The molecular weight excluding hydrogens is 310 g/mol. The van der Waals surface area contributed by atoms with E-state index in [4.69, 9.17) is 9.52 Å². The van der Waals surface area contributed by atoms with Gasteiger partial charge in [0.25, 0.3) is 0 Å². The van der Waals surface area contributed by atoms with Gasteiger partial charge in [0.1, 0.15) is 0 Å². The number of rotatable bonds is 4. The van der Waals surface area contributed by atoms with Crippen LogP contribution in [-0.4, -0.2) is 16.1 Å². The van der Waals surface area contributed by atoms with Crippen LogP contribution in [0.2, 0.25) is 0 Å². The number of aromatic nitrogens is 1. The van der Waals surface area contributed by atoms with Crippen molar-refractivity contribution in [3.8, 4) is 11.5 Å². The lowest BCUT2D eigenvalue weighted by molar-refractivity contribution is 0.0661. The van der Waals surface area contributed by atoms with E-state index in [2.05, 4.69) is 20.9 Å². The second-order valence-electron chi connectivity index (χ2n) is 4.37. The zero-order valence-corrected chi connectivity index (χ0v) is 12.3. The molecule has 4 nitrogen and oxygen atoms in total. The van der Waals surface area contributed by atoms with Crippen molar-refractivity contribution in [1.82, 2.24) is 4.98 Å². The molecule has 1 heterocycles. The molecular formula is C14H14BrNO3. The standard InChI is InChI=1S/C14H14BrNO3/c1-3-4-11-12(14(17)18)19-13(16-11)9-5-8(2)6-10(15)7-9/h5-7H,3-4H2,1-2H3,(H,17,18). The van der Waals surface area contributed by atoms with Crippen molar-refractivity contribution in [1.29, 1.82) is 0 Å². The van der Waals surface area contributed by atoms with E-state index in [1.54, 1.807) is 0 Å². The first-order valence-corrected chi connectivity index (χ1v) is 6.81. The third kappa shape index (κ3) is 3.04. The number of nitrogens with zero attached hydrogens (tertiary/aromatic N) is 1. The van der Waals surface area contributed by atoms with E-state index >= 15 is 0 Å². The summed E-state index contributed by atoms with van der Waals surface area (Å²) < 4.78 is 6.31. The number of aryl methyl sites for hydroxylation is 2. The van der Waals surface area contributed by atoms with Gasteiger partial charge in [0.2, 0.25) is 11.7 Å². The summed E-state index contributed by atoms with van der Waals surface area (Å²) in [4.78, 5) is 15.4. The summed E-state index contributed by atoms with van der Waals surface area (Å²) in [7, 11) is 0. The smallest absolute Gasteiger partial charge is 0.373 e. The molecule has 1 N–H and O–H groups in total. The van der Waals surface area contributed by atoms with Crippen LogP contribution in [0.15, 0.2) is 27.1 Å². The van der Waals surface area contributed by atoms with E-state index in [1.807, 2.05) is 32.0 Å². The van der Waals surface area contributed by atoms with E-state index in [1.165, 1.54) is 0 Å². The van der Waals surface area contributed by atoms with Gasteiger partial charge in [0.05, 0.1) is 5.69 Å². The van der Waals surface area contributed by atoms with Crippen LogP contribution in [0.25, 0.3) is 11.5 Å². The Hall–Kier alpha value is -1.62. The lowest BCUT2D eigenvalue weighted by Crippen LogP contribution is -1.99. The summed E-state index contributed by atoms with van der Waals surface area (Å²) in [6.45, 7) is 3.94. The van der Waals surface area contributed by atoms with E-state index in [0.29, 0.717) is 18.0 Å². The zero-order valence-electron chi connectivity index (χ0n) is 10.7. The summed E-state index contributed by atoms with van der Waals surface area (Å²) in [6.07, 6.45) is 1.42. The minimum atomic E-state index is -1.08. The molecule has 2 rings (SSSR count). The van der Waals surface area contributed by atoms with Gasteiger partial charge < -0.3 is 9.52 Å². The average molecular weight is 324 g/mol. The molecule has 5 heteroatoms. The number of aromatic carboxylic acids is 1. The van der Waals surface area contributed by atoms with Crippen molar-refractivity contribution >= 4 is 21.9 Å². The van der Waals surface area contributed by atoms with Gasteiger partial charge in [0.15, 0.2) is 0 Å². The van der Waals surface area contributed by atoms with Crippen LogP contribution in [0.1, 0.15) is 35.2 Å². The number of carbonyl (C=O) groups is 1. The van der Waals surface area contributed by atoms with Crippen molar-refractivity contribution in [3.63, 3.8) is 0 Å². The number of carboxylic acids is 1. The topological polar surface area (TPSA) is 63.3 Å². The Balaban J connectivity index is 2.50. The van der Waals surface area contributed by atoms with Gasteiger partial charge in [-0.15, -0.1) is 0 Å². The predicted octanol–water partition coefficient (Wildman–Crippen LogP) is 4.06. The number of hydrogen-bond acceptors (Lipinski definition) is 3. The first-order valence-electron chi connectivity index (χ1n) is 6.01. The molecule has 100 valence electrons. The summed E-state index contributed by atoms with van der Waals surface area (Å²) >= 11 is 3.41. The molecule has 1 aromatic heterocycles. The van der Waals surface area contributed by atoms with Crippen LogP contribution in [0.3, 0.4) is 0 Å². The van der Waals surface area contributed by atoms with Crippen molar-refractivity contribution < 1.29 is 14.3 Å². The molecule has 0 aliphatic heterocycles. The van der Waals surface area contributed by atoms with E-state index in [0.717, 1.165) is 22.0 Å². The van der Waals surface area contributed by atoms with Crippen molar-refractivity contribution in [2.45, 2.75) is 26.7 Å². The van der Waals surface area contributed by atoms with Crippen molar-refractivity contribution in [2.24, 2.45) is 0 Å². The van der Waals surface area contributed by atoms with Gasteiger partial charge in [-0.25, -0.2) is 9.78 Å². The highest BCUT2D eigenvalue weighted by atomic mass is 79.9. The summed E-state index contributed by atoms with van der Waals surface area (Å²) in [5.74, 6) is -0.784. The Morgan fingerprint density at radius 3 is 2.74 bits per heavy atom. The quantitative estimate of drug-likeness (QED) is 0.921. The maximum atomic E-state index is 11.1. The predicted molar refractivity (Wildman–Crippen MR) is 75.3 cm³/mol. The maximum Gasteiger partial charge on any atom is 0.373 e. The van der Waals surface area contributed by atoms with Gasteiger partial charge in [-0.2, -0.15) is 0 Å². The van der Waals surface area contributed by atoms with Gasteiger partial charge in [-0.05, 0) is 37.1 Å². The van der Waals surface area contributed by atoms with Crippen LogP contribution in [0.5, 0.6) is 0 Å². The number of carboxylic acid groups (broad SMARTS) is 1. The van der Waals surface area contributed by atoms with Gasteiger partial charge in [-0.3, -0.25) is 0 Å². The average Bonchev–Trinajstić information content (AvgIpc) is 2.72. The monoisotopic (exact) mass is 323 g/mol. The van der Waals surface area contributed by atoms with Crippen molar-refractivity contribution in [2.75, 3.05) is 0 Å². The minimum absolute atomic E-state index is 0.0607. The Labute approximate surface area is 119 Å². The van der Waals surface area contributed by atoms with Crippen LogP contribution in [0.4, 0.5) is 0 Å². The zero-order chi connectivity index (χ0) is 14.0. The summed E-state index contributed by atoms with van der Waals surface area (Å²) in [5, 5.41) is 9.12. The molecule has 0 unspecified atom stereocenters. The van der Waals surface area contributed by atoms with Gasteiger partial charge in [-0.1, -0.05) is 29.3 Å².